The van der Waals surface area contributed by atoms with E-state index in [0.29, 0.717) is 0 Å². The van der Waals surface area contributed by atoms with Crippen molar-refractivity contribution >= 4 is 11.0 Å². The van der Waals surface area contributed by atoms with Gasteiger partial charge in [-0.1, -0.05) is 0 Å². The summed E-state index contributed by atoms with van der Waals surface area (Å²) in [5.41, 5.74) is 0. The van der Waals surface area contributed by atoms with Crippen molar-refractivity contribution in [2.24, 2.45) is 0 Å². The molecule has 0 nitrogen and oxygen atoms in total. The fourth-order valence-corrected chi connectivity index (χ4v) is 0. The van der Waals surface area contributed by atoms with Crippen molar-refractivity contribution in [2.45, 2.75) is 0 Å². The second-order valence-corrected chi connectivity index (χ2v) is 0. The molecule has 43 valence electrons. The van der Waals surface area contributed by atoms with Crippen LogP contribution in [-0.4, -0.2) is 11.0 Å². The summed E-state index contributed by atoms with van der Waals surface area (Å²) in [4.78, 5) is 0. The van der Waals surface area contributed by atoms with Gasteiger partial charge < -0.3 is 0 Å². The van der Waals surface area contributed by atoms with E-state index in [1.54, 1.807) is 0 Å². The first-order valence-electron chi connectivity index (χ1n) is 0. The van der Waals surface area contributed by atoms with Gasteiger partial charge in [0.1, 0.15) is 0 Å². The number of hydrogen-bond acceptors (Lipinski definition) is 0. The van der Waals surface area contributed by atoms with Gasteiger partial charge in [0.05, 0.1) is 0 Å². The van der Waals surface area contributed by atoms with Crippen LogP contribution < -0.4 is 0 Å². The van der Waals surface area contributed by atoms with Crippen molar-refractivity contribution in [1.29, 1.82) is 0 Å². The van der Waals surface area contributed by atoms with Crippen molar-refractivity contribution in [3.63, 3.8) is 0 Å². The normalized spacial score (nSPS) is 0. The van der Waals surface area contributed by atoms with Crippen molar-refractivity contribution < 1.29 is 176 Å². The first-order valence-corrected chi connectivity index (χ1v) is 0. The zero-order valence-electron chi connectivity index (χ0n) is 4.16. The first kappa shape index (κ1) is 82.0. The maximum atomic E-state index is 0. The summed E-state index contributed by atoms with van der Waals surface area (Å²) in [6.07, 6.45) is 0. The van der Waals surface area contributed by atoms with Crippen LogP contribution >= 0.6 is 0 Å². The largest absolute Gasteiger partial charge is 0 e. The van der Waals surface area contributed by atoms with Gasteiger partial charge in [-0.2, -0.15) is 0 Å². The topological polar surface area (TPSA) is 0 Å². The second-order valence-electron chi connectivity index (χ2n) is 0. The van der Waals surface area contributed by atoms with Gasteiger partial charge in [-0.15, -0.1) is 0 Å². The molecule has 0 rings (SSSR count). The number of hydrogen-bond donors (Lipinski definition) is 0. The molecule has 0 aromatic heterocycles. The zero-order valence-corrected chi connectivity index (χ0v) is 23.8. The predicted molar refractivity (Wildman–Crippen MR) is 5.75 cm³/mol. The van der Waals surface area contributed by atoms with Gasteiger partial charge in [-0.25, -0.2) is 0 Å². The minimum absolute atomic E-state index is 0. The van der Waals surface area contributed by atoms with Crippen molar-refractivity contribution in [1.82, 2.24) is 0 Å². The fraction of sp³-hybridized carbons (Fsp3) is 0. The van der Waals surface area contributed by atoms with E-state index in [2.05, 4.69) is 0 Å². The van der Waals surface area contributed by atoms with Gasteiger partial charge >= 0.3 is 0 Å². The molecule has 9 heavy (non-hydrogen) atoms. The predicted octanol–water partition coefficient (Wildman–Crippen LogP) is -0.401. The third-order valence-electron chi connectivity index (χ3n) is 0. The van der Waals surface area contributed by atoms with Crippen molar-refractivity contribution in [3.05, 3.63) is 0 Å². The summed E-state index contributed by atoms with van der Waals surface area (Å²) in [6.45, 7) is 0. The van der Waals surface area contributed by atoms with Gasteiger partial charge in [-0.05, 0) is 0 Å². The van der Waals surface area contributed by atoms with E-state index in [9.17, 15) is 0 Å². The van der Waals surface area contributed by atoms with Crippen LogP contribution in [0.1, 0.15) is 0 Å². The Balaban J connectivity index is 0. The SMILES string of the molecule is [Cr].[Hf].[Nb].[Si].[Ta].[Ti].[V].[W].[Zr]. The molecule has 0 spiro atoms. The minimum Gasteiger partial charge on any atom is 0 e. The molecule has 0 aromatic rings. The Kier molecular flexibility index (Phi) is 601. The van der Waals surface area contributed by atoms with E-state index in [1.165, 1.54) is 0 Å². The van der Waals surface area contributed by atoms with E-state index in [-0.39, 0.29) is 186 Å². The van der Waals surface area contributed by atoms with Crippen molar-refractivity contribution in [2.75, 3.05) is 0 Å². The Bertz CT molecular complexity index is 28.5. The van der Waals surface area contributed by atoms with E-state index in [0.717, 1.165) is 0 Å². The molecule has 0 aromatic carbocycles. The summed E-state index contributed by atoms with van der Waals surface area (Å²) < 4.78 is 0. The fourth-order valence-electron chi connectivity index (χ4n) is 0. The minimum atomic E-state index is 0. The summed E-state index contributed by atoms with van der Waals surface area (Å²) in [6, 6.07) is 0. The third-order valence-corrected chi connectivity index (χ3v) is 0. The van der Waals surface area contributed by atoms with Crippen LogP contribution in [-0.2, 0) is 176 Å². The van der Waals surface area contributed by atoms with E-state index in [4.69, 9.17) is 0 Å². The van der Waals surface area contributed by atoms with Crippen LogP contribution in [0.25, 0.3) is 0 Å². The summed E-state index contributed by atoms with van der Waals surface area (Å²) >= 11 is 0. The molecule has 0 aliphatic rings. The molecule has 0 fully saturated rings. The maximum absolute atomic E-state index is 0. The van der Waals surface area contributed by atoms with E-state index < -0.39 is 0 Å². The van der Waals surface area contributed by atoms with Gasteiger partial charge in [0.2, 0.25) is 0 Å². The average molecular weight is 906 g/mol. The van der Waals surface area contributed by atoms with Crippen LogP contribution in [0.3, 0.4) is 0 Å². The van der Waals surface area contributed by atoms with Crippen molar-refractivity contribution in [3.8, 4) is 0 Å². The maximum Gasteiger partial charge on any atom is 0 e. The average Bonchev–Trinajstić information content (AvgIpc) is 0. The number of rotatable bonds is 0. The standard InChI is InChI=1S/Cr.Hf.Nb.Si.Ta.Ti.V.W.Zr. The first-order chi connectivity index (χ1) is 0. The van der Waals surface area contributed by atoms with Gasteiger partial charge in [0.15, 0.2) is 0 Å². The Hall–Kier alpha value is 5.97. The Morgan fingerprint density at radius 1 is 1.00 bits per heavy atom. The van der Waals surface area contributed by atoms with Gasteiger partial charge in [-0.3, -0.25) is 0 Å². The molecule has 0 saturated carbocycles. The van der Waals surface area contributed by atoms with Crippen LogP contribution in [0.2, 0.25) is 0 Å². The summed E-state index contributed by atoms with van der Waals surface area (Å²) in [5, 5.41) is 0. The molecule has 9 heteroatoms. The Labute approximate surface area is 182 Å². The van der Waals surface area contributed by atoms with Crippen LogP contribution in [0.15, 0.2) is 0 Å². The van der Waals surface area contributed by atoms with Crippen LogP contribution in [0.4, 0.5) is 0 Å². The van der Waals surface area contributed by atoms with Gasteiger partial charge in [0.25, 0.3) is 0 Å². The van der Waals surface area contributed by atoms with E-state index in [1.807, 2.05) is 0 Å². The summed E-state index contributed by atoms with van der Waals surface area (Å²) in [5.74, 6) is 0. The molecule has 7 radical (unpaired) electrons. The quantitative estimate of drug-likeness (QED) is 0.291. The second kappa shape index (κ2) is 65.9. The monoisotopic (exact) mass is 906 g/mol. The molecular weight excluding hydrogens is 906 g/mol. The molecule has 0 saturated heterocycles. The zero-order chi connectivity index (χ0) is 0. The Morgan fingerprint density at radius 3 is 1.00 bits per heavy atom. The molecule has 0 aliphatic heterocycles. The molecule has 0 amide bonds. The van der Waals surface area contributed by atoms with Crippen LogP contribution in [0, 0.1) is 0 Å². The smallest absolute Gasteiger partial charge is 0 e. The molecule has 0 unspecified atom stereocenters. The Morgan fingerprint density at radius 2 is 1.00 bits per heavy atom. The molecule has 0 heterocycles. The molecular formula is CrHfNbSiTaTiVWZr. The molecule has 0 aliphatic carbocycles. The van der Waals surface area contributed by atoms with E-state index >= 15 is 0 Å². The summed E-state index contributed by atoms with van der Waals surface area (Å²) in [7, 11) is 0. The molecule has 0 N–H and O–H groups in total. The van der Waals surface area contributed by atoms with Crippen LogP contribution in [0.5, 0.6) is 0 Å². The molecule has 0 atom stereocenters. The third kappa shape index (κ3) is 56.2. The van der Waals surface area contributed by atoms with Gasteiger partial charge in [0, 0.05) is 186 Å². The molecule has 0 bridgehead atoms.